The Bertz CT molecular complexity index is 678. The van der Waals surface area contributed by atoms with Crippen molar-refractivity contribution in [3.05, 3.63) is 59.9 Å². The van der Waals surface area contributed by atoms with E-state index in [2.05, 4.69) is 11.7 Å². The third-order valence-electron chi connectivity index (χ3n) is 2.41. The van der Waals surface area contributed by atoms with Crippen molar-refractivity contribution in [2.75, 3.05) is 5.75 Å². The number of hydrogen-bond donors (Lipinski definition) is 0. The van der Waals surface area contributed by atoms with Gasteiger partial charge in [0.15, 0.2) is 9.84 Å². The first-order valence-corrected chi connectivity index (χ1v) is 7.80. The molecule has 0 atom stereocenters. The molecule has 2 rings (SSSR count). The van der Waals surface area contributed by atoms with Gasteiger partial charge >= 0.3 is 0 Å². The Labute approximate surface area is 117 Å². The number of nitrogens with zero attached hydrogens (tertiary/aromatic N) is 2. The van der Waals surface area contributed by atoms with E-state index in [4.69, 9.17) is 11.6 Å². The lowest BCUT2D eigenvalue weighted by atomic mass is 10.3. The van der Waals surface area contributed by atoms with Gasteiger partial charge in [-0.25, -0.2) is 13.1 Å². The molecule has 4 nitrogen and oxygen atoms in total. The minimum atomic E-state index is -3.31. The normalized spacial score (nSPS) is 11.4. The van der Waals surface area contributed by atoms with Gasteiger partial charge in [0, 0.05) is 11.2 Å². The van der Waals surface area contributed by atoms with Crippen LogP contribution < -0.4 is 0 Å². The zero-order valence-corrected chi connectivity index (χ0v) is 11.7. The number of halogens is 1. The summed E-state index contributed by atoms with van der Waals surface area (Å²) in [4.78, 5) is 0. The molecule has 100 valence electrons. The van der Waals surface area contributed by atoms with E-state index in [-0.39, 0.29) is 16.5 Å². The van der Waals surface area contributed by atoms with Gasteiger partial charge in [0.1, 0.15) is 0 Å². The zero-order chi connectivity index (χ0) is 13.9. The molecule has 0 saturated carbocycles. The van der Waals surface area contributed by atoms with Crippen LogP contribution in [0.4, 0.5) is 0 Å². The van der Waals surface area contributed by atoms with Gasteiger partial charge in [-0.15, -0.1) is 0 Å². The molecule has 0 amide bonds. The lowest BCUT2D eigenvalue weighted by molar-refractivity contribution is 0.597. The Morgan fingerprint density at radius 2 is 1.95 bits per heavy atom. The second kappa shape index (κ2) is 5.59. The molecule has 0 saturated heterocycles. The van der Waals surface area contributed by atoms with Crippen LogP contribution in [0.1, 0.15) is 5.69 Å². The maximum Gasteiger partial charge on any atom is 0.161 e. The fraction of sp³-hybridized carbons (Fsp3) is 0.154. The van der Waals surface area contributed by atoms with Gasteiger partial charge in [-0.1, -0.05) is 36.4 Å². The molecule has 1 aromatic carbocycles. The second-order valence-electron chi connectivity index (χ2n) is 4.14. The maximum absolute atomic E-state index is 11.8. The molecular weight excluding hydrogens is 284 g/mol. The molecule has 0 spiro atoms. The molecule has 1 heterocycles. The smallest absolute Gasteiger partial charge is 0.161 e. The van der Waals surface area contributed by atoms with Crippen LogP contribution in [0.3, 0.4) is 0 Å². The first-order valence-electron chi connectivity index (χ1n) is 5.60. The van der Waals surface area contributed by atoms with Gasteiger partial charge in [0.25, 0.3) is 0 Å². The molecule has 0 aliphatic carbocycles. The highest BCUT2D eigenvalue weighted by Gasteiger charge is 2.15. The van der Waals surface area contributed by atoms with E-state index in [9.17, 15) is 8.42 Å². The monoisotopic (exact) mass is 296 g/mol. The topological polar surface area (TPSA) is 52.0 Å². The van der Waals surface area contributed by atoms with Crippen LogP contribution in [-0.4, -0.2) is 24.0 Å². The Morgan fingerprint density at radius 1 is 1.26 bits per heavy atom. The summed E-state index contributed by atoms with van der Waals surface area (Å²) in [5.74, 6) is -0.370. The lowest BCUT2D eigenvalue weighted by Gasteiger charge is -2.01. The van der Waals surface area contributed by atoms with E-state index in [0.29, 0.717) is 5.69 Å². The predicted octanol–water partition coefficient (Wildman–Crippen LogP) is 2.54. The SMILES string of the molecule is C=C(Cl)CS(=O)(=O)Cc1ccn(-c2ccccc2)n1. The summed E-state index contributed by atoms with van der Waals surface area (Å²) in [5, 5.41) is 4.35. The molecule has 0 aliphatic heterocycles. The van der Waals surface area contributed by atoms with Crippen molar-refractivity contribution in [2.45, 2.75) is 5.75 Å². The van der Waals surface area contributed by atoms with Crippen LogP contribution in [0.2, 0.25) is 0 Å². The summed E-state index contributed by atoms with van der Waals surface area (Å²) in [6, 6.07) is 11.2. The summed E-state index contributed by atoms with van der Waals surface area (Å²) in [5.41, 5.74) is 1.37. The lowest BCUT2D eigenvalue weighted by Crippen LogP contribution is -2.10. The second-order valence-corrected chi connectivity index (χ2v) is 6.74. The summed E-state index contributed by atoms with van der Waals surface area (Å²) in [6.45, 7) is 3.40. The van der Waals surface area contributed by atoms with Crippen molar-refractivity contribution in [3.8, 4) is 5.69 Å². The van der Waals surface area contributed by atoms with Gasteiger partial charge in [0.2, 0.25) is 0 Å². The van der Waals surface area contributed by atoms with E-state index >= 15 is 0 Å². The van der Waals surface area contributed by atoms with Crippen molar-refractivity contribution in [3.63, 3.8) is 0 Å². The number of rotatable bonds is 5. The Balaban J connectivity index is 2.17. The molecule has 1 aromatic heterocycles. The van der Waals surface area contributed by atoms with E-state index < -0.39 is 9.84 Å². The van der Waals surface area contributed by atoms with Crippen LogP contribution in [0.25, 0.3) is 5.69 Å². The first-order chi connectivity index (χ1) is 8.96. The van der Waals surface area contributed by atoms with Gasteiger partial charge in [-0.05, 0) is 18.2 Å². The predicted molar refractivity (Wildman–Crippen MR) is 76.0 cm³/mol. The third kappa shape index (κ3) is 3.94. The van der Waals surface area contributed by atoms with Gasteiger partial charge in [-0.2, -0.15) is 5.10 Å². The number of para-hydroxylation sites is 1. The average Bonchev–Trinajstić information content (AvgIpc) is 2.76. The van der Waals surface area contributed by atoms with Crippen molar-refractivity contribution in [1.82, 2.24) is 9.78 Å². The summed E-state index contributed by atoms with van der Waals surface area (Å²) >= 11 is 5.53. The highest BCUT2D eigenvalue weighted by atomic mass is 35.5. The first kappa shape index (κ1) is 13.8. The largest absolute Gasteiger partial charge is 0.241 e. The molecule has 2 aromatic rings. The minimum Gasteiger partial charge on any atom is -0.241 e. The van der Waals surface area contributed by atoms with Crippen LogP contribution >= 0.6 is 11.6 Å². The minimum absolute atomic E-state index is 0.113. The maximum atomic E-state index is 11.8. The molecule has 0 unspecified atom stereocenters. The molecule has 0 aliphatic rings. The van der Waals surface area contributed by atoms with Gasteiger partial charge < -0.3 is 0 Å². The van der Waals surface area contributed by atoms with Gasteiger partial charge in [0.05, 0.1) is 22.9 Å². The standard InChI is InChI=1S/C13H13ClN2O2S/c1-11(14)9-19(17,18)10-12-7-8-16(15-12)13-5-3-2-4-6-13/h2-8H,1,9-10H2. The van der Waals surface area contributed by atoms with Crippen molar-refractivity contribution in [1.29, 1.82) is 0 Å². The Hall–Kier alpha value is -1.59. The molecule has 19 heavy (non-hydrogen) atoms. The van der Waals surface area contributed by atoms with Crippen LogP contribution in [0, 0.1) is 0 Å². The number of hydrogen-bond acceptors (Lipinski definition) is 3. The third-order valence-corrected chi connectivity index (χ3v) is 4.23. The van der Waals surface area contributed by atoms with Crippen molar-refractivity contribution < 1.29 is 8.42 Å². The summed E-state index contributed by atoms with van der Waals surface area (Å²) in [7, 11) is -3.31. The molecule has 0 N–H and O–H groups in total. The number of benzene rings is 1. The highest BCUT2D eigenvalue weighted by molar-refractivity contribution is 7.90. The molecule has 0 fully saturated rings. The zero-order valence-electron chi connectivity index (χ0n) is 10.2. The summed E-state index contributed by atoms with van der Waals surface area (Å²) < 4.78 is 25.2. The fourth-order valence-corrected chi connectivity index (χ4v) is 3.36. The van der Waals surface area contributed by atoms with Gasteiger partial charge in [-0.3, -0.25) is 0 Å². The highest BCUT2D eigenvalue weighted by Crippen LogP contribution is 2.11. The Morgan fingerprint density at radius 3 is 2.58 bits per heavy atom. The fourth-order valence-electron chi connectivity index (χ4n) is 1.68. The summed E-state index contributed by atoms with van der Waals surface area (Å²) in [6.07, 6.45) is 1.73. The molecular formula is C13H13ClN2O2S. The van der Waals surface area contributed by atoms with E-state index in [1.54, 1.807) is 16.9 Å². The Kier molecular flexibility index (Phi) is 4.07. The van der Waals surface area contributed by atoms with Crippen LogP contribution in [-0.2, 0) is 15.6 Å². The van der Waals surface area contributed by atoms with Crippen LogP contribution in [0.15, 0.2) is 54.2 Å². The average molecular weight is 297 g/mol. The molecule has 0 bridgehead atoms. The van der Waals surface area contributed by atoms with E-state index in [1.165, 1.54) is 0 Å². The van der Waals surface area contributed by atoms with E-state index in [0.717, 1.165) is 5.69 Å². The van der Waals surface area contributed by atoms with Crippen LogP contribution in [0.5, 0.6) is 0 Å². The van der Waals surface area contributed by atoms with Crippen molar-refractivity contribution in [2.24, 2.45) is 0 Å². The van der Waals surface area contributed by atoms with E-state index in [1.807, 2.05) is 30.3 Å². The molecule has 6 heteroatoms. The number of aromatic nitrogens is 2. The number of sulfone groups is 1. The quantitative estimate of drug-likeness (QED) is 0.852. The molecule has 0 radical (unpaired) electrons. The van der Waals surface area contributed by atoms with Crippen molar-refractivity contribution >= 4 is 21.4 Å².